The van der Waals surface area contributed by atoms with Crippen LogP contribution in [0.25, 0.3) is 0 Å². The number of nitrogens with one attached hydrogen (secondary N) is 1. The van der Waals surface area contributed by atoms with Crippen molar-refractivity contribution in [2.24, 2.45) is 0 Å². The lowest BCUT2D eigenvalue weighted by atomic mass is 9.86. The summed E-state index contributed by atoms with van der Waals surface area (Å²) in [5, 5.41) is 12.1. The van der Waals surface area contributed by atoms with Crippen molar-refractivity contribution in [3.05, 3.63) is 35.4 Å². The summed E-state index contributed by atoms with van der Waals surface area (Å²) in [6.45, 7) is 4.13. The lowest BCUT2D eigenvalue weighted by Crippen LogP contribution is -2.41. The Morgan fingerprint density at radius 2 is 2.23 bits per heavy atom. The Balaban J connectivity index is 2.10. The molecule has 0 aromatic heterocycles. The maximum atomic E-state index is 12.1. The lowest BCUT2D eigenvalue weighted by molar-refractivity contribution is -0.123. The van der Waals surface area contributed by atoms with E-state index >= 15 is 0 Å². The Labute approximate surface area is 133 Å². The first-order chi connectivity index (χ1) is 10.8. The van der Waals surface area contributed by atoms with Gasteiger partial charge in [0.25, 0.3) is 0 Å². The van der Waals surface area contributed by atoms with Gasteiger partial charge in [-0.15, -0.1) is 0 Å². The van der Waals surface area contributed by atoms with Crippen molar-refractivity contribution in [2.45, 2.75) is 45.1 Å². The van der Waals surface area contributed by atoms with E-state index in [-0.39, 0.29) is 12.5 Å². The maximum Gasteiger partial charge on any atom is 0.234 e. The van der Waals surface area contributed by atoms with Gasteiger partial charge >= 0.3 is 0 Å². The van der Waals surface area contributed by atoms with Crippen LogP contribution in [-0.2, 0) is 11.2 Å². The molecule has 1 aromatic rings. The summed E-state index contributed by atoms with van der Waals surface area (Å²) in [6.07, 6.45) is 5.04. The van der Waals surface area contributed by atoms with Crippen LogP contribution in [0.4, 0.5) is 0 Å². The van der Waals surface area contributed by atoms with Gasteiger partial charge in [0, 0.05) is 25.7 Å². The average molecular weight is 304 g/mol. The van der Waals surface area contributed by atoms with Crippen LogP contribution >= 0.6 is 0 Å². The number of hydrogen-bond acceptors (Lipinski definition) is 3. The molecule has 22 heavy (non-hydrogen) atoms. The second-order valence-electron chi connectivity index (χ2n) is 6.00. The lowest BCUT2D eigenvalue weighted by Gasteiger charge is -2.35. The highest BCUT2D eigenvalue weighted by Crippen LogP contribution is 2.34. The molecule has 0 bridgehead atoms. The van der Waals surface area contributed by atoms with E-state index in [1.807, 2.05) is 0 Å². The van der Waals surface area contributed by atoms with Crippen molar-refractivity contribution in [2.75, 3.05) is 26.2 Å². The number of aliphatic hydroxyl groups is 1. The molecule has 0 aliphatic heterocycles. The number of carbonyl (C=O) groups excluding carboxylic acids is 1. The topological polar surface area (TPSA) is 52.6 Å². The van der Waals surface area contributed by atoms with Gasteiger partial charge in [0.05, 0.1) is 6.54 Å². The quantitative estimate of drug-likeness (QED) is 0.774. The van der Waals surface area contributed by atoms with Gasteiger partial charge in [0.1, 0.15) is 0 Å². The fraction of sp³-hybridized carbons (Fsp3) is 0.611. The number of carbonyl (C=O) groups is 1. The largest absolute Gasteiger partial charge is 0.396 e. The van der Waals surface area contributed by atoms with Crippen LogP contribution < -0.4 is 5.32 Å². The molecule has 0 fully saturated rings. The van der Waals surface area contributed by atoms with Crippen LogP contribution in [0.1, 0.15) is 49.8 Å². The van der Waals surface area contributed by atoms with Gasteiger partial charge in [-0.3, -0.25) is 9.69 Å². The second kappa shape index (κ2) is 8.91. The van der Waals surface area contributed by atoms with Crippen molar-refractivity contribution in [3.63, 3.8) is 0 Å². The zero-order valence-corrected chi connectivity index (χ0v) is 13.6. The van der Waals surface area contributed by atoms with Gasteiger partial charge in [-0.25, -0.2) is 0 Å². The normalized spacial score (nSPS) is 17.3. The summed E-state index contributed by atoms with van der Waals surface area (Å²) < 4.78 is 0. The van der Waals surface area contributed by atoms with Gasteiger partial charge in [-0.1, -0.05) is 31.2 Å². The molecule has 2 rings (SSSR count). The van der Waals surface area contributed by atoms with Crippen LogP contribution in [0.3, 0.4) is 0 Å². The van der Waals surface area contributed by atoms with Gasteiger partial charge in [0.2, 0.25) is 5.91 Å². The number of benzene rings is 1. The number of rotatable bonds is 8. The highest BCUT2D eigenvalue weighted by Gasteiger charge is 2.26. The first kappa shape index (κ1) is 17.0. The van der Waals surface area contributed by atoms with E-state index in [2.05, 4.69) is 41.4 Å². The van der Waals surface area contributed by atoms with Gasteiger partial charge in [-0.05, 0) is 43.2 Å². The molecular formula is C18H28N2O2. The monoisotopic (exact) mass is 304 g/mol. The Morgan fingerprint density at radius 3 is 3.00 bits per heavy atom. The molecule has 4 nitrogen and oxygen atoms in total. The molecule has 0 radical (unpaired) electrons. The molecule has 0 saturated heterocycles. The number of hydrogen-bond donors (Lipinski definition) is 2. The van der Waals surface area contributed by atoms with Crippen LogP contribution in [0.5, 0.6) is 0 Å². The maximum absolute atomic E-state index is 12.1. The summed E-state index contributed by atoms with van der Waals surface area (Å²) in [6, 6.07) is 8.85. The number of amides is 1. The predicted octanol–water partition coefficient (Wildman–Crippen LogP) is 2.27. The van der Waals surface area contributed by atoms with Crippen LogP contribution in [0.15, 0.2) is 24.3 Å². The van der Waals surface area contributed by atoms with Crippen LogP contribution in [-0.4, -0.2) is 42.2 Å². The summed E-state index contributed by atoms with van der Waals surface area (Å²) in [4.78, 5) is 14.4. The van der Waals surface area contributed by atoms with Crippen LogP contribution in [0, 0.1) is 0 Å². The minimum Gasteiger partial charge on any atom is -0.396 e. The van der Waals surface area contributed by atoms with E-state index in [0.717, 1.165) is 38.8 Å². The van der Waals surface area contributed by atoms with Gasteiger partial charge in [-0.2, -0.15) is 0 Å². The smallest absolute Gasteiger partial charge is 0.234 e. The van der Waals surface area contributed by atoms with E-state index in [1.165, 1.54) is 11.1 Å². The fourth-order valence-corrected chi connectivity index (χ4v) is 3.23. The highest BCUT2D eigenvalue weighted by molar-refractivity contribution is 5.78. The fourth-order valence-electron chi connectivity index (χ4n) is 3.23. The molecule has 0 heterocycles. The average Bonchev–Trinajstić information content (AvgIpc) is 2.56. The molecule has 1 aromatic carbocycles. The number of aryl methyl sites for hydroxylation is 1. The van der Waals surface area contributed by atoms with E-state index in [9.17, 15) is 4.79 Å². The third-order valence-electron chi connectivity index (χ3n) is 4.30. The van der Waals surface area contributed by atoms with Crippen molar-refractivity contribution in [3.8, 4) is 0 Å². The van der Waals surface area contributed by atoms with Crippen molar-refractivity contribution >= 4 is 5.91 Å². The standard InChI is InChI=1S/C18H28N2O2/c1-2-11-19-18(22)14-20(12-6-13-21)17-10-5-8-15-7-3-4-9-16(15)17/h3-4,7,9,17,21H,2,5-6,8,10-14H2,1H3,(H,19,22). The highest BCUT2D eigenvalue weighted by atomic mass is 16.3. The van der Waals surface area contributed by atoms with Crippen molar-refractivity contribution in [1.82, 2.24) is 10.2 Å². The summed E-state index contributed by atoms with van der Waals surface area (Å²) >= 11 is 0. The van der Waals surface area contributed by atoms with Gasteiger partial charge in [0.15, 0.2) is 0 Å². The molecular weight excluding hydrogens is 276 g/mol. The van der Waals surface area contributed by atoms with E-state index in [1.54, 1.807) is 0 Å². The Bertz CT molecular complexity index is 476. The van der Waals surface area contributed by atoms with E-state index in [0.29, 0.717) is 19.0 Å². The molecule has 0 spiro atoms. The van der Waals surface area contributed by atoms with Crippen molar-refractivity contribution in [1.29, 1.82) is 0 Å². The first-order valence-corrected chi connectivity index (χ1v) is 8.45. The zero-order chi connectivity index (χ0) is 15.8. The minimum atomic E-state index is 0.0860. The van der Waals surface area contributed by atoms with Crippen LogP contribution in [0.2, 0.25) is 0 Å². The van der Waals surface area contributed by atoms with E-state index < -0.39 is 0 Å². The van der Waals surface area contributed by atoms with Crippen molar-refractivity contribution < 1.29 is 9.90 Å². The molecule has 0 saturated carbocycles. The molecule has 122 valence electrons. The molecule has 1 atom stereocenters. The first-order valence-electron chi connectivity index (χ1n) is 8.45. The third kappa shape index (κ3) is 4.55. The Morgan fingerprint density at radius 1 is 1.41 bits per heavy atom. The number of fused-ring (bicyclic) bond motifs is 1. The number of aliphatic hydroxyl groups excluding tert-OH is 1. The zero-order valence-electron chi connectivity index (χ0n) is 13.6. The molecule has 1 aliphatic carbocycles. The predicted molar refractivity (Wildman–Crippen MR) is 88.7 cm³/mol. The SMILES string of the molecule is CCCNC(=O)CN(CCCO)C1CCCc2ccccc21. The summed E-state index contributed by atoms with van der Waals surface area (Å²) in [5.41, 5.74) is 2.76. The molecule has 1 amide bonds. The van der Waals surface area contributed by atoms with Gasteiger partial charge < -0.3 is 10.4 Å². The third-order valence-corrected chi connectivity index (χ3v) is 4.30. The van der Waals surface area contributed by atoms with E-state index in [4.69, 9.17) is 5.11 Å². The summed E-state index contributed by atoms with van der Waals surface area (Å²) in [5.74, 6) is 0.0860. The summed E-state index contributed by atoms with van der Waals surface area (Å²) in [7, 11) is 0. The Hall–Kier alpha value is -1.39. The number of nitrogens with zero attached hydrogens (tertiary/aromatic N) is 1. The Kier molecular flexibility index (Phi) is 6.87. The minimum absolute atomic E-state index is 0.0860. The molecule has 4 heteroatoms. The molecule has 1 aliphatic rings. The molecule has 1 unspecified atom stereocenters. The second-order valence-corrected chi connectivity index (χ2v) is 6.00. The molecule has 2 N–H and O–H groups in total.